The number of carbonyl (C=O) groups is 2. The average molecular weight is 522 g/mol. The quantitative estimate of drug-likeness (QED) is 0.310. The van der Waals surface area contributed by atoms with Crippen molar-refractivity contribution in [2.24, 2.45) is 0 Å². The number of amides is 1. The average Bonchev–Trinajstić information content (AvgIpc) is 3.45. The summed E-state index contributed by atoms with van der Waals surface area (Å²) in [5.41, 5.74) is 1.60. The summed E-state index contributed by atoms with van der Waals surface area (Å²) in [6.07, 6.45) is 5.47. The third kappa shape index (κ3) is 5.01. The summed E-state index contributed by atoms with van der Waals surface area (Å²) in [6, 6.07) is 9.53. The molecule has 2 heterocycles. The number of aryl methyl sites for hydroxylation is 1. The summed E-state index contributed by atoms with van der Waals surface area (Å²) >= 11 is 6.63. The molecule has 1 aliphatic heterocycles. The van der Waals surface area contributed by atoms with E-state index in [1.807, 2.05) is 37.3 Å². The van der Waals surface area contributed by atoms with E-state index in [4.69, 9.17) is 12.2 Å². The molecule has 1 amide bonds. The second-order valence-corrected chi connectivity index (χ2v) is 10.9. The first-order valence-corrected chi connectivity index (χ1v) is 13.2. The molecule has 2 aliphatic rings. The standard InChI is InChI=1S/C27H27N3O4S2/c1-16-9-11-18(12-10-16)14-22-25(33)29(27(35)36-22)13-5-8-21(31)23-17(2)20(15-28)24(32)30(26(23)34)19-6-3-4-7-19/h9-12,14,19,34H,3-8,13H2,1-2H3/b22-14-. The molecule has 1 aromatic carbocycles. The van der Waals surface area contributed by atoms with E-state index in [0.717, 1.165) is 36.8 Å². The number of carbonyl (C=O) groups excluding carboxylic acids is 2. The zero-order valence-electron chi connectivity index (χ0n) is 20.2. The molecular formula is C27H27N3O4S2. The van der Waals surface area contributed by atoms with Gasteiger partial charge in [0, 0.05) is 19.0 Å². The summed E-state index contributed by atoms with van der Waals surface area (Å²) < 4.78 is 1.66. The van der Waals surface area contributed by atoms with Gasteiger partial charge in [-0.3, -0.25) is 23.9 Å². The van der Waals surface area contributed by atoms with Gasteiger partial charge in [-0.05, 0) is 50.3 Å². The summed E-state index contributed by atoms with van der Waals surface area (Å²) in [5, 5.41) is 20.5. The van der Waals surface area contributed by atoms with Crippen LogP contribution in [0.25, 0.3) is 6.08 Å². The second kappa shape index (κ2) is 10.8. The lowest BCUT2D eigenvalue weighted by Gasteiger charge is -2.20. The van der Waals surface area contributed by atoms with Gasteiger partial charge < -0.3 is 5.11 Å². The summed E-state index contributed by atoms with van der Waals surface area (Å²) in [4.78, 5) is 40.9. The van der Waals surface area contributed by atoms with Crippen molar-refractivity contribution in [3.05, 3.63) is 67.3 Å². The molecule has 2 aromatic rings. The van der Waals surface area contributed by atoms with E-state index in [1.54, 1.807) is 6.08 Å². The molecule has 0 atom stereocenters. The first-order chi connectivity index (χ1) is 17.2. The van der Waals surface area contributed by atoms with Gasteiger partial charge in [-0.25, -0.2) is 0 Å². The molecule has 1 saturated heterocycles. The zero-order chi connectivity index (χ0) is 26.0. The van der Waals surface area contributed by atoms with Crippen molar-refractivity contribution < 1.29 is 14.7 Å². The van der Waals surface area contributed by atoms with Crippen LogP contribution in [0, 0.1) is 25.2 Å². The lowest BCUT2D eigenvalue weighted by Crippen LogP contribution is -2.30. The monoisotopic (exact) mass is 521 g/mol. The first-order valence-electron chi connectivity index (χ1n) is 12.0. The molecule has 186 valence electrons. The van der Waals surface area contributed by atoms with Crippen molar-refractivity contribution in [1.82, 2.24) is 9.47 Å². The predicted octanol–water partition coefficient (Wildman–Crippen LogP) is 5.02. The van der Waals surface area contributed by atoms with Crippen LogP contribution < -0.4 is 5.56 Å². The Morgan fingerprint density at radius 1 is 1.22 bits per heavy atom. The van der Waals surface area contributed by atoms with Gasteiger partial charge in [0.25, 0.3) is 11.5 Å². The molecule has 2 fully saturated rings. The van der Waals surface area contributed by atoms with Gasteiger partial charge in [0.05, 0.1) is 10.5 Å². The van der Waals surface area contributed by atoms with Crippen molar-refractivity contribution in [2.75, 3.05) is 6.54 Å². The Morgan fingerprint density at radius 3 is 2.53 bits per heavy atom. The normalized spacial score (nSPS) is 17.2. The first kappa shape index (κ1) is 25.9. The molecular weight excluding hydrogens is 494 g/mol. The van der Waals surface area contributed by atoms with Gasteiger partial charge in [-0.15, -0.1) is 0 Å². The highest BCUT2D eigenvalue weighted by Gasteiger charge is 2.32. The van der Waals surface area contributed by atoms with Crippen molar-refractivity contribution >= 4 is 46.1 Å². The SMILES string of the molecule is Cc1ccc(/C=C2\SC(=S)N(CCCC(=O)c3c(C)c(C#N)c(=O)n(C4CCCC4)c3O)C2=O)cc1. The van der Waals surface area contributed by atoms with Crippen LogP contribution in [-0.4, -0.2) is 37.1 Å². The van der Waals surface area contributed by atoms with Gasteiger partial charge in [0.2, 0.25) is 5.88 Å². The predicted molar refractivity (Wildman–Crippen MR) is 144 cm³/mol. The van der Waals surface area contributed by atoms with Crippen molar-refractivity contribution in [2.45, 2.75) is 58.4 Å². The van der Waals surface area contributed by atoms with Crippen LogP contribution >= 0.6 is 24.0 Å². The Balaban J connectivity index is 1.48. The maximum Gasteiger partial charge on any atom is 0.271 e. The Kier molecular flexibility index (Phi) is 7.76. The molecule has 0 unspecified atom stereocenters. The van der Waals surface area contributed by atoms with Crippen LogP contribution in [0.15, 0.2) is 34.0 Å². The molecule has 1 N–H and O–H groups in total. The highest BCUT2D eigenvalue weighted by Crippen LogP contribution is 2.35. The third-order valence-electron chi connectivity index (χ3n) is 6.75. The molecule has 1 aliphatic carbocycles. The maximum absolute atomic E-state index is 13.2. The highest BCUT2D eigenvalue weighted by atomic mass is 32.2. The van der Waals surface area contributed by atoms with Crippen molar-refractivity contribution in [1.29, 1.82) is 5.26 Å². The number of aromatic hydroxyl groups is 1. The highest BCUT2D eigenvalue weighted by molar-refractivity contribution is 8.26. The van der Waals surface area contributed by atoms with Crippen LogP contribution in [-0.2, 0) is 4.79 Å². The van der Waals surface area contributed by atoms with Crippen molar-refractivity contribution in [3.8, 4) is 11.9 Å². The number of rotatable bonds is 7. The number of ketones is 1. The number of thiocarbonyl (C=S) groups is 1. The molecule has 9 heteroatoms. The number of benzene rings is 1. The topological polar surface area (TPSA) is 103 Å². The van der Waals surface area contributed by atoms with E-state index in [-0.39, 0.29) is 53.3 Å². The summed E-state index contributed by atoms with van der Waals surface area (Å²) in [6.45, 7) is 3.77. The Hall–Kier alpha value is -3.22. The largest absolute Gasteiger partial charge is 0.494 e. The fourth-order valence-corrected chi connectivity index (χ4v) is 6.10. The fourth-order valence-electron chi connectivity index (χ4n) is 4.79. The number of hydrogen-bond acceptors (Lipinski definition) is 7. The lowest BCUT2D eigenvalue weighted by atomic mass is 9.98. The molecule has 0 spiro atoms. The van der Waals surface area contributed by atoms with Gasteiger partial charge in [0.15, 0.2) is 5.78 Å². The molecule has 1 saturated carbocycles. The number of Topliss-reactive ketones (excluding diaryl/α,β-unsaturated/α-hetero) is 1. The van der Waals surface area contributed by atoms with Crippen LogP contribution in [0.2, 0.25) is 0 Å². The minimum absolute atomic E-state index is 0.0164. The van der Waals surface area contributed by atoms with E-state index in [1.165, 1.54) is 28.2 Å². The van der Waals surface area contributed by atoms with E-state index in [0.29, 0.717) is 15.6 Å². The molecule has 4 rings (SSSR count). The van der Waals surface area contributed by atoms with E-state index < -0.39 is 5.56 Å². The van der Waals surface area contributed by atoms with Gasteiger partial charge in [-0.1, -0.05) is 66.7 Å². The molecule has 1 aromatic heterocycles. The Bertz CT molecular complexity index is 1360. The van der Waals surface area contributed by atoms with Gasteiger partial charge >= 0.3 is 0 Å². The van der Waals surface area contributed by atoms with E-state index in [2.05, 4.69) is 0 Å². The van der Waals surface area contributed by atoms with E-state index >= 15 is 0 Å². The number of pyridine rings is 1. The molecule has 0 radical (unpaired) electrons. The van der Waals surface area contributed by atoms with Gasteiger partial charge in [-0.2, -0.15) is 5.26 Å². The zero-order valence-corrected chi connectivity index (χ0v) is 21.9. The van der Waals surface area contributed by atoms with Crippen LogP contribution in [0.5, 0.6) is 5.88 Å². The molecule has 36 heavy (non-hydrogen) atoms. The maximum atomic E-state index is 13.2. The number of nitrogens with zero attached hydrogens (tertiary/aromatic N) is 3. The van der Waals surface area contributed by atoms with Gasteiger partial charge in [0.1, 0.15) is 16.0 Å². The fraction of sp³-hybridized carbons (Fsp3) is 0.370. The Morgan fingerprint density at radius 2 is 1.89 bits per heavy atom. The van der Waals surface area contributed by atoms with Crippen LogP contribution in [0.3, 0.4) is 0 Å². The second-order valence-electron chi connectivity index (χ2n) is 9.19. The number of aromatic nitrogens is 1. The minimum Gasteiger partial charge on any atom is -0.494 e. The summed E-state index contributed by atoms with van der Waals surface area (Å²) in [5.74, 6) is -0.924. The number of thioether (sulfide) groups is 1. The Labute approximate surface area is 219 Å². The molecule has 7 nitrogen and oxygen atoms in total. The number of hydrogen-bond donors (Lipinski definition) is 1. The number of nitriles is 1. The summed E-state index contributed by atoms with van der Waals surface area (Å²) in [7, 11) is 0. The van der Waals surface area contributed by atoms with E-state index in [9.17, 15) is 24.8 Å². The lowest BCUT2D eigenvalue weighted by molar-refractivity contribution is -0.122. The van der Waals surface area contributed by atoms with Crippen molar-refractivity contribution in [3.63, 3.8) is 0 Å². The smallest absolute Gasteiger partial charge is 0.271 e. The van der Waals surface area contributed by atoms with Crippen LogP contribution in [0.4, 0.5) is 0 Å². The molecule has 0 bridgehead atoms. The van der Waals surface area contributed by atoms with Crippen LogP contribution in [0.1, 0.15) is 77.2 Å². The minimum atomic E-state index is -0.547. The third-order valence-corrected chi connectivity index (χ3v) is 8.13.